The fourth-order valence-electron chi connectivity index (χ4n) is 1.51. The summed E-state index contributed by atoms with van der Waals surface area (Å²) in [4.78, 5) is 23.4. The number of amides is 2. The summed E-state index contributed by atoms with van der Waals surface area (Å²) in [6.45, 7) is 0.706. The van der Waals surface area contributed by atoms with Gasteiger partial charge in [-0.1, -0.05) is 0 Å². The Kier molecular flexibility index (Phi) is 6.31. The summed E-state index contributed by atoms with van der Waals surface area (Å²) in [5.41, 5.74) is 6.43. The van der Waals surface area contributed by atoms with Crippen LogP contribution in [-0.2, 0) is 9.53 Å². The summed E-state index contributed by atoms with van der Waals surface area (Å²) in [5.74, 6) is -0.323. The third-order valence-corrected chi connectivity index (χ3v) is 2.51. The molecule has 0 bridgehead atoms. The maximum atomic E-state index is 11.9. The highest BCUT2D eigenvalue weighted by Gasteiger charge is 2.13. The lowest BCUT2D eigenvalue weighted by molar-refractivity contribution is -0.120. The van der Waals surface area contributed by atoms with Crippen LogP contribution in [0, 0.1) is 0 Å². The molecular weight excluding hydrogens is 262 g/mol. The maximum Gasteiger partial charge on any atom is 0.255 e. The zero-order valence-corrected chi connectivity index (χ0v) is 11.6. The quantitative estimate of drug-likeness (QED) is 0.473. The van der Waals surface area contributed by atoms with Crippen molar-refractivity contribution in [3.05, 3.63) is 23.8 Å². The number of anilines is 1. The van der Waals surface area contributed by atoms with Crippen LogP contribution in [0.2, 0.25) is 0 Å². The van der Waals surface area contributed by atoms with E-state index >= 15 is 0 Å². The second-order valence-electron chi connectivity index (χ2n) is 3.99. The molecule has 0 radical (unpaired) electrons. The standard InChI is InChI=1S/C13H19N3O4/c1-19-6-5-15-12(17)8-16-13(18)10-4-3-9(14)7-11(10)20-2/h3-4,7H,5-6,8,14H2,1-2H3,(H,15,17)(H,16,18). The van der Waals surface area contributed by atoms with Crippen LogP contribution < -0.4 is 21.1 Å². The van der Waals surface area contributed by atoms with E-state index in [1.165, 1.54) is 7.11 Å². The van der Waals surface area contributed by atoms with Crippen LogP contribution in [0.4, 0.5) is 5.69 Å². The lowest BCUT2D eigenvalue weighted by Gasteiger charge is -2.10. The number of hydrogen-bond donors (Lipinski definition) is 3. The monoisotopic (exact) mass is 281 g/mol. The van der Waals surface area contributed by atoms with E-state index in [-0.39, 0.29) is 12.5 Å². The maximum absolute atomic E-state index is 11.9. The van der Waals surface area contributed by atoms with Crippen LogP contribution in [0.25, 0.3) is 0 Å². The number of nitrogens with two attached hydrogens (primary N) is 1. The first-order valence-corrected chi connectivity index (χ1v) is 6.05. The minimum absolute atomic E-state index is 0.115. The summed E-state index contributed by atoms with van der Waals surface area (Å²) in [5, 5.41) is 5.11. The van der Waals surface area contributed by atoms with Gasteiger partial charge in [-0.25, -0.2) is 0 Å². The Morgan fingerprint density at radius 3 is 2.65 bits per heavy atom. The van der Waals surface area contributed by atoms with Gasteiger partial charge < -0.3 is 25.8 Å². The van der Waals surface area contributed by atoms with E-state index < -0.39 is 5.91 Å². The summed E-state index contributed by atoms with van der Waals surface area (Å²) >= 11 is 0. The first-order chi connectivity index (χ1) is 9.58. The number of hydrogen-bond acceptors (Lipinski definition) is 5. The van der Waals surface area contributed by atoms with Crippen LogP contribution in [0.5, 0.6) is 5.75 Å². The molecule has 0 saturated heterocycles. The van der Waals surface area contributed by atoms with Crippen LogP contribution in [-0.4, -0.2) is 45.7 Å². The molecule has 0 aliphatic heterocycles. The van der Waals surface area contributed by atoms with Crippen molar-refractivity contribution < 1.29 is 19.1 Å². The topological polar surface area (TPSA) is 103 Å². The van der Waals surface area contributed by atoms with Crippen molar-refractivity contribution in [3.8, 4) is 5.75 Å². The van der Waals surface area contributed by atoms with Gasteiger partial charge in [-0.3, -0.25) is 9.59 Å². The zero-order chi connectivity index (χ0) is 15.0. The molecule has 7 nitrogen and oxygen atoms in total. The highest BCUT2D eigenvalue weighted by molar-refractivity contribution is 5.99. The van der Waals surface area contributed by atoms with E-state index in [0.717, 1.165) is 0 Å². The van der Waals surface area contributed by atoms with Crippen LogP contribution in [0.15, 0.2) is 18.2 Å². The predicted molar refractivity (Wildman–Crippen MR) is 74.6 cm³/mol. The van der Waals surface area contributed by atoms with Crippen LogP contribution in [0.3, 0.4) is 0 Å². The molecular formula is C13H19N3O4. The third-order valence-electron chi connectivity index (χ3n) is 2.51. The Labute approximate surface area is 117 Å². The predicted octanol–water partition coefficient (Wildman–Crippen LogP) is -0.230. The van der Waals surface area contributed by atoms with Crippen LogP contribution >= 0.6 is 0 Å². The molecule has 0 heterocycles. The lowest BCUT2D eigenvalue weighted by atomic mass is 10.1. The largest absolute Gasteiger partial charge is 0.496 e. The molecule has 0 atom stereocenters. The van der Waals surface area contributed by atoms with Crippen molar-refractivity contribution >= 4 is 17.5 Å². The summed E-state index contributed by atoms with van der Waals surface area (Å²) in [6, 6.07) is 4.69. The number of ether oxygens (including phenoxy) is 2. The van der Waals surface area contributed by atoms with E-state index in [1.807, 2.05) is 0 Å². The van der Waals surface area contributed by atoms with E-state index in [0.29, 0.717) is 30.2 Å². The van der Waals surface area contributed by atoms with Crippen molar-refractivity contribution in [2.24, 2.45) is 0 Å². The Balaban J connectivity index is 2.52. The summed E-state index contributed by atoms with van der Waals surface area (Å²) in [6.07, 6.45) is 0. The molecule has 0 saturated carbocycles. The molecule has 7 heteroatoms. The number of carbonyl (C=O) groups excluding carboxylic acids is 2. The van der Waals surface area contributed by atoms with Gasteiger partial charge in [0.15, 0.2) is 0 Å². The van der Waals surface area contributed by atoms with E-state index in [2.05, 4.69) is 10.6 Å². The minimum Gasteiger partial charge on any atom is -0.496 e. The molecule has 20 heavy (non-hydrogen) atoms. The number of nitrogens with one attached hydrogen (secondary N) is 2. The number of rotatable bonds is 7. The number of benzene rings is 1. The Morgan fingerprint density at radius 1 is 1.25 bits per heavy atom. The van der Waals surface area contributed by atoms with Gasteiger partial charge in [0.1, 0.15) is 5.75 Å². The molecule has 4 N–H and O–H groups in total. The average Bonchev–Trinajstić information content (AvgIpc) is 2.44. The molecule has 0 aliphatic rings. The smallest absolute Gasteiger partial charge is 0.255 e. The Hall–Kier alpha value is -2.28. The van der Waals surface area contributed by atoms with Gasteiger partial charge in [-0.05, 0) is 12.1 Å². The van der Waals surface area contributed by atoms with Gasteiger partial charge in [0, 0.05) is 25.4 Å². The molecule has 2 amide bonds. The molecule has 0 fully saturated rings. The average molecular weight is 281 g/mol. The van der Waals surface area contributed by atoms with E-state index in [9.17, 15) is 9.59 Å². The minimum atomic E-state index is -0.399. The van der Waals surface area contributed by atoms with Gasteiger partial charge in [-0.2, -0.15) is 0 Å². The lowest BCUT2D eigenvalue weighted by Crippen LogP contribution is -2.38. The highest BCUT2D eigenvalue weighted by Crippen LogP contribution is 2.21. The number of carbonyl (C=O) groups is 2. The van der Waals surface area contributed by atoms with Gasteiger partial charge in [0.25, 0.3) is 5.91 Å². The summed E-state index contributed by atoms with van der Waals surface area (Å²) < 4.78 is 9.87. The molecule has 0 aromatic heterocycles. The molecule has 1 aromatic carbocycles. The van der Waals surface area contributed by atoms with Gasteiger partial charge in [-0.15, -0.1) is 0 Å². The van der Waals surface area contributed by atoms with Crippen molar-refractivity contribution in [3.63, 3.8) is 0 Å². The zero-order valence-electron chi connectivity index (χ0n) is 11.6. The van der Waals surface area contributed by atoms with E-state index in [1.54, 1.807) is 25.3 Å². The first-order valence-electron chi connectivity index (χ1n) is 6.05. The van der Waals surface area contributed by atoms with Crippen molar-refractivity contribution in [2.75, 3.05) is 39.6 Å². The van der Waals surface area contributed by atoms with Crippen LogP contribution in [0.1, 0.15) is 10.4 Å². The first kappa shape index (κ1) is 15.8. The van der Waals surface area contributed by atoms with E-state index in [4.69, 9.17) is 15.2 Å². The Morgan fingerprint density at radius 2 is 2.00 bits per heavy atom. The highest BCUT2D eigenvalue weighted by atomic mass is 16.5. The molecule has 0 spiro atoms. The third kappa shape index (κ3) is 4.77. The van der Waals surface area contributed by atoms with Gasteiger partial charge in [0.05, 0.1) is 25.8 Å². The fourth-order valence-corrected chi connectivity index (χ4v) is 1.51. The van der Waals surface area contributed by atoms with Gasteiger partial charge in [0.2, 0.25) is 5.91 Å². The summed E-state index contributed by atoms with van der Waals surface area (Å²) in [7, 11) is 2.99. The normalized spacial score (nSPS) is 9.90. The van der Waals surface area contributed by atoms with Gasteiger partial charge >= 0.3 is 0 Å². The molecule has 0 aliphatic carbocycles. The SMILES string of the molecule is COCCNC(=O)CNC(=O)c1ccc(N)cc1OC. The second-order valence-corrected chi connectivity index (χ2v) is 3.99. The molecule has 110 valence electrons. The fraction of sp³-hybridized carbons (Fsp3) is 0.385. The van der Waals surface area contributed by atoms with Crippen molar-refractivity contribution in [1.82, 2.24) is 10.6 Å². The molecule has 0 unspecified atom stereocenters. The molecule has 1 rings (SSSR count). The van der Waals surface area contributed by atoms with Crippen molar-refractivity contribution in [2.45, 2.75) is 0 Å². The number of nitrogen functional groups attached to an aromatic ring is 1. The molecule has 1 aromatic rings. The Bertz CT molecular complexity index is 477. The number of methoxy groups -OCH3 is 2. The van der Waals surface area contributed by atoms with Crippen molar-refractivity contribution in [1.29, 1.82) is 0 Å². The second kappa shape index (κ2) is 8.00.